The lowest BCUT2D eigenvalue weighted by Gasteiger charge is -2.29. The largest absolute Gasteiger partial charge is 0.458 e. The number of hydrogen-bond acceptors (Lipinski definition) is 4. The van der Waals surface area contributed by atoms with Crippen LogP contribution in [0.5, 0.6) is 0 Å². The van der Waals surface area contributed by atoms with Crippen molar-refractivity contribution in [3.05, 3.63) is 23.4 Å². The maximum Gasteiger partial charge on any atom is 0.340 e. The Labute approximate surface area is 88.4 Å². The lowest BCUT2D eigenvalue weighted by molar-refractivity contribution is 0.0175. The van der Waals surface area contributed by atoms with E-state index in [-0.39, 0.29) is 18.0 Å². The van der Waals surface area contributed by atoms with Crippen LogP contribution in [-0.2, 0) is 4.74 Å². The smallest absolute Gasteiger partial charge is 0.340 e. The fourth-order valence-electron chi connectivity index (χ4n) is 1.93. The summed E-state index contributed by atoms with van der Waals surface area (Å²) in [5, 5.41) is 0. The minimum Gasteiger partial charge on any atom is -0.458 e. The molecule has 1 aliphatic heterocycles. The average molecular weight is 206 g/mol. The molecule has 4 nitrogen and oxygen atoms in total. The molecule has 0 bridgehead atoms. The summed E-state index contributed by atoms with van der Waals surface area (Å²) in [6.45, 7) is 4.00. The van der Waals surface area contributed by atoms with Gasteiger partial charge >= 0.3 is 5.97 Å². The second-order valence-corrected chi connectivity index (χ2v) is 3.81. The molecule has 1 aromatic rings. The van der Waals surface area contributed by atoms with E-state index in [1.54, 1.807) is 12.1 Å². The van der Waals surface area contributed by atoms with Crippen molar-refractivity contribution in [3.8, 4) is 0 Å². The molecule has 0 saturated carbocycles. The van der Waals surface area contributed by atoms with Crippen molar-refractivity contribution in [2.75, 3.05) is 5.73 Å². The Bertz CT molecular complexity index is 404. The zero-order valence-corrected chi connectivity index (χ0v) is 8.86. The van der Waals surface area contributed by atoms with Crippen molar-refractivity contribution in [2.45, 2.75) is 32.3 Å². The summed E-state index contributed by atoms with van der Waals surface area (Å²) >= 11 is 0. The number of ether oxygens (including phenoxy) is 1. The third-order valence-electron chi connectivity index (χ3n) is 2.82. The molecule has 0 saturated heterocycles. The van der Waals surface area contributed by atoms with Gasteiger partial charge in [-0.3, -0.25) is 0 Å². The summed E-state index contributed by atoms with van der Waals surface area (Å²) in [5.74, 6) is 0.277. The van der Waals surface area contributed by atoms with E-state index < -0.39 is 0 Å². The predicted octanol–water partition coefficient (Wildman–Crippen LogP) is 1.72. The van der Waals surface area contributed by atoms with Gasteiger partial charge in [0, 0.05) is 5.92 Å². The molecule has 4 heteroatoms. The van der Waals surface area contributed by atoms with E-state index in [1.165, 1.54) is 0 Å². The number of fused-ring (bicyclic) bond motifs is 1. The van der Waals surface area contributed by atoms with Gasteiger partial charge in [-0.05, 0) is 18.6 Å². The number of anilines is 1. The molecule has 0 spiro atoms. The van der Waals surface area contributed by atoms with E-state index in [2.05, 4.69) is 4.98 Å². The number of rotatable bonds is 1. The Kier molecular flexibility index (Phi) is 2.34. The summed E-state index contributed by atoms with van der Waals surface area (Å²) in [6.07, 6.45) is 0.710. The van der Waals surface area contributed by atoms with E-state index in [0.717, 1.165) is 12.1 Å². The first-order chi connectivity index (χ1) is 7.13. The van der Waals surface area contributed by atoms with Gasteiger partial charge in [-0.1, -0.05) is 13.8 Å². The van der Waals surface area contributed by atoms with Crippen molar-refractivity contribution in [1.82, 2.24) is 4.98 Å². The number of carbonyl (C=O) groups is 1. The molecule has 2 N–H and O–H groups in total. The first-order valence-electron chi connectivity index (χ1n) is 5.11. The molecule has 0 aromatic carbocycles. The topological polar surface area (TPSA) is 65.2 Å². The van der Waals surface area contributed by atoms with Gasteiger partial charge in [0.05, 0.1) is 11.3 Å². The van der Waals surface area contributed by atoms with Crippen molar-refractivity contribution in [1.29, 1.82) is 0 Å². The number of esters is 1. The lowest BCUT2D eigenvalue weighted by Crippen LogP contribution is -2.31. The van der Waals surface area contributed by atoms with E-state index in [4.69, 9.17) is 10.5 Å². The Morgan fingerprint density at radius 3 is 2.93 bits per heavy atom. The number of carbonyl (C=O) groups excluding carboxylic acids is 1. The molecular weight excluding hydrogens is 192 g/mol. The van der Waals surface area contributed by atoms with Gasteiger partial charge in [-0.25, -0.2) is 9.78 Å². The second kappa shape index (κ2) is 3.53. The SMILES string of the molecule is CC[C@H]1OC(=O)c2ccc(N)nc2[C@@H]1C. The number of pyridine rings is 1. The van der Waals surface area contributed by atoms with Gasteiger partial charge in [0.2, 0.25) is 0 Å². The highest BCUT2D eigenvalue weighted by Crippen LogP contribution is 2.31. The fraction of sp³-hybridized carbons (Fsp3) is 0.455. The highest BCUT2D eigenvalue weighted by atomic mass is 16.5. The molecular formula is C11H14N2O2. The average Bonchev–Trinajstić information content (AvgIpc) is 2.23. The zero-order valence-electron chi connectivity index (χ0n) is 8.86. The number of nitrogens with two attached hydrogens (primary N) is 1. The van der Waals surface area contributed by atoms with E-state index in [1.807, 2.05) is 13.8 Å². The molecule has 1 aliphatic rings. The number of cyclic esters (lactones) is 1. The minimum absolute atomic E-state index is 0.0840. The maximum atomic E-state index is 11.6. The van der Waals surface area contributed by atoms with Gasteiger partial charge in [0.25, 0.3) is 0 Å². The summed E-state index contributed by atoms with van der Waals surface area (Å²) in [7, 11) is 0. The van der Waals surface area contributed by atoms with Crippen LogP contribution < -0.4 is 5.73 Å². The molecule has 0 aliphatic carbocycles. The molecule has 80 valence electrons. The van der Waals surface area contributed by atoms with E-state index >= 15 is 0 Å². The van der Waals surface area contributed by atoms with Crippen LogP contribution in [-0.4, -0.2) is 17.1 Å². The summed E-state index contributed by atoms with van der Waals surface area (Å²) < 4.78 is 5.29. The Balaban J connectivity index is 2.50. The number of nitrogens with zero attached hydrogens (tertiary/aromatic N) is 1. The van der Waals surface area contributed by atoms with Gasteiger partial charge in [0.1, 0.15) is 11.9 Å². The van der Waals surface area contributed by atoms with Crippen LogP contribution in [0.25, 0.3) is 0 Å². The monoisotopic (exact) mass is 206 g/mol. The second-order valence-electron chi connectivity index (χ2n) is 3.81. The van der Waals surface area contributed by atoms with Gasteiger partial charge < -0.3 is 10.5 Å². The molecule has 2 rings (SSSR count). The standard InChI is InChI=1S/C11H14N2O2/c1-3-8-6(2)10-7(11(14)15-8)4-5-9(12)13-10/h4-6,8H,3H2,1-2H3,(H2,12,13)/t6-,8-/m1/s1. The van der Waals surface area contributed by atoms with Crippen LogP contribution in [0.4, 0.5) is 5.82 Å². The Morgan fingerprint density at radius 2 is 2.27 bits per heavy atom. The molecule has 0 unspecified atom stereocenters. The van der Waals surface area contributed by atoms with Crippen molar-refractivity contribution in [2.24, 2.45) is 0 Å². The van der Waals surface area contributed by atoms with Crippen molar-refractivity contribution in [3.63, 3.8) is 0 Å². The zero-order chi connectivity index (χ0) is 11.0. The van der Waals surface area contributed by atoms with Crippen LogP contribution in [0.1, 0.15) is 42.2 Å². The molecule has 2 atom stereocenters. The summed E-state index contributed by atoms with van der Waals surface area (Å²) in [6, 6.07) is 3.31. The third kappa shape index (κ3) is 1.56. The summed E-state index contributed by atoms with van der Waals surface area (Å²) in [4.78, 5) is 15.8. The highest BCUT2D eigenvalue weighted by Gasteiger charge is 2.32. The van der Waals surface area contributed by atoms with Crippen LogP contribution in [0, 0.1) is 0 Å². The molecule has 2 heterocycles. The number of hydrogen-bond donors (Lipinski definition) is 1. The molecule has 15 heavy (non-hydrogen) atoms. The van der Waals surface area contributed by atoms with Crippen molar-refractivity contribution < 1.29 is 9.53 Å². The lowest BCUT2D eigenvalue weighted by atomic mass is 9.92. The van der Waals surface area contributed by atoms with Crippen LogP contribution >= 0.6 is 0 Å². The van der Waals surface area contributed by atoms with E-state index in [0.29, 0.717) is 11.4 Å². The van der Waals surface area contributed by atoms with Gasteiger partial charge in [-0.2, -0.15) is 0 Å². The van der Waals surface area contributed by atoms with Crippen LogP contribution in [0.3, 0.4) is 0 Å². The Hall–Kier alpha value is -1.58. The quantitative estimate of drug-likeness (QED) is 0.710. The normalized spacial score (nSPS) is 24.5. The van der Waals surface area contributed by atoms with Crippen LogP contribution in [0.15, 0.2) is 12.1 Å². The highest BCUT2D eigenvalue weighted by molar-refractivity contribution is 5.92. The number of aromatic nitrogens is 1. The summed E-state index contributed by atoms with van der Waals surface area (Å²) in [5.41, 5.74) is 6.92. The fourth-order valence-corrected chi connectivity index (χ4v) is 1.93. The van der Waals surface area contributed by atoms with Gasteiger partial charge in [0.15, 0.2) is 0 Å². The Morgan fingerprint density at radius 1 is 1.53 bits per heavy atom. The first kappa shape index (κ1) is 9.96. The molecule has 0 fully saturated rings. The van der Waals surface area contributed by atoms with Crippen LogP contribution in [0.2, 0.25) is 0 Å². The van der Waals surface area contributed by atoms with Crippen molar-refractivity contribution >= 4 is 11.8 Å². The third-order valence-corrected chi connectivity index (χ3v) is 2.82. The van der Waals surface area contributed by atoms with Gasteiger partial charge in [-0.15, -0.1) is 0 Å². The molecule has 0 amide bonds. The maximum absolute atomic E-state index is 11.6. The van der Waals surface area contributed by atoms with E-state index in [9.17, 15) is 4.79 Å². The number of nitrogen functional groups attached to an aromatic ring is 1. The minimum atomic E-state index is -0.289. The molecule has 0 radical (unpaired) electrons. The molecule has 1 aromatic heterocycles. The predicted molar refractivity (Wildman–Crippen MR) is 56.6 cm³/mol. The first-order valence-corrected chi connectivity index (χ1v) is 5.11.